The summed E-state index contributed by atoms with van der Waals surface area (Å²) in [5.41, 5.74) is 0.849. The third-order valence-corrected chi connectivity index (χ3v) is 4.97. The van der Waals surface area contributed by atoms with E-state index in [2.05, 4.69) is 0 Å². The van der Waals surface area contributed by atoms with Crippen molar-refractivity contribution < 1.29 is 19.4 Å². The van der Waals surface area contributed by atoms with Gasteiger partial charge in [0.2, 0.25) is 0 Å². The van der Waals surface area contributed by atoms with Crippen molar-refractivity contribution in [2.75, 3.05) is 13.7 Å². The molecule has 1 amide bonds. The number of carbonyl (C=O) groups excluding carboxylic acids is 1. The lowest BCUT2D eigenvalue weighted by Gasteiger charge is -2.10. The van der Waals surface area contributed by atoms with Gasteiger partial charge in [-0.25, -0.2) is 0 Å². The molecule has 122 valence electrons. The van der Waals surface area contributed by atoms with E-state index in [0.29, 0.717) is 4.91 Å². The van der Waals surface area contributed by atoms with Crippen LogP contribution in [0.2, 0.25) is 0 Å². The maximum absolute atomic E-state index is 12.4. The number of carboxylic acid groups (broad SMARTS) is 1. The third-order valence-electron chi connectivity index (χ3n) is 3.59. The predicted octanol–water partition coefficient (Wildman–Crippen LogP) is 3.13. The van der Waals surface area contributed by atoms with Crippen molar-refractivity contribution in [3.63, 3.8) is 0 Å². The Morgan fingerprint density at radius 3 is 2.67 bits per heavy atom. The number of fused-ring (bicyclic) bond motifs is 1. The van der Waals surface area contributed by atoms with E-state index in [1.807, 2.05) is 36.4 Å². The quantitative estimate of drug-likeness (QED) is 0.668. The van der Waals surface area contributed by atoms with Crippen LogP contribution >= 0.6 is 24.0 Å². The van der Waals surface area contributed by atoms with Crippen molar-refractivity contribution in [3.8, 4) is 5.75 Å². The number of hydrogen-bond acceptors (Lipinski definition) is 5. The minimum absolute atomic E-state index is 0.256. The number of ether oxygens (including phenoxy) is 1. The number of amides is 1. The van der Waals surface area contributed by atoms with Gasteiger partial charge < -0.3 is 9.84 Å². The van der Waals surface area contributed by atoms with Gasteiger partial charge in [0.1, 0.15) is 16.6 Å². The van der Waals surface area contributed by atoms with E-state index in [1.54, 1.807) is 13.2 Å². The summed E-state index contributed by atoms with van der Waals surface area (Å²) >= 11 is 6.22. The molecule has 2 aromatic carbocycles. The smallest absolute Gasteiger partial charge is 0.323 e. The second kappa shape index (κ2) is 6.62. The zero-order chi connectivity index (χ0) is 17.3. The van der Waals surface area contributed by atoms with E-state index >= 15 is 0 Å². The van der Waals surface area contributed by atoms with Gasteiger partial charge in [-0.05, 0) is 23.1 Å². The molecular weight excluding hydrogens is 346 g/mol. The van der Waals surface area contributed by atoms with Crippen LogP contribution < -0.4 is 4.74 Å². The Labute approximate surface area is 147 Å². The number of rotatable bonds is 4. The molecule has 2 aromatic rings. The van der Waals surface area contributed by atoms with Crippen LogP contribution in [0.4, 0.5) is 0 Å². The molecule has 0 unspecified atom stereocenters. The van der Waals surface area contributed by atoms with Gasteiger partial charge in [-0.15, -0.1) is 0 Å². The molecule has 1 aliphatic heterocycles. The first-order valence-electron chi connectivity index (χ1n) is 7.04. The van der Waals surface area contributed by atoms with Crippen molar-refractivity contribution in [1.29, 1.82) is 0 Å². The van der Waals surface area contributed by atoms with Crippen LogP contribution in [0.5, 0.6) is 5.75 Å². The summed E-state index contributed by atoms with van der Waals surface area (Å²) < 4.78 is 5.62. The zero-order valence-corrected chi connectivity index (χ0v) is 14.3. The maximum Gasteiger partial charge on any atom is 0.323 e. The average molecular weight is 359 g/mol. The molecule has 0 radical (unpaired) electrons. The highest BCUT2D eigenvalue weighted by atomic mass is 32.2. The van der Waals surface area contributed by atoms with Crippen LogP contribution in [0.3, 0.4) is 0 Å². The molecule has 1 N–H and O–H groups in total. The zero-order valence-electron chi connectivity index (χ0n) is 12.7. The third kappa shape index (κ3) is 3.00. The van der Waals surface area contributed by atoms with E-state index in [0.717, 1.165) is 38.7 Å². The number of carboxylic acids is 1. The fourth-order valence-corrected chi connectivity index (χ4v) is 3.76. The maximum atomic E-state index is 12.4. The number of thioether (sulfide) groups is 1. The lowest BCUT2D eigenvalue weighted by molar-refractivity contribution is -0.140. The highest BCUT2D eigenvalue weighted by Crippen LogP contribution is 2.35. The molecule has 3 rings (SSSR count). The van der Waals surface area contributed by atoms with Crippen LogP contribution in [-0.2, 0) is 9.59 Å². The van der Waals surface area contributed by atoms with Gasteiger partial charge in [0, 0.05) is 5.39 Å². The molecule has 1 saturated heterocycles. The first kappa shape index (κ1) is 16.5. The van der Waals surface area contributed by atoms with E-state index in [-0.39, 0.29) is 10.2 Å². The van der Waals surface area contributed by atoms with E-state index in [9.17, 15) is 9.59 Å². The number of thiocarbonyl (C=S) groups is 1. The van der Waals surface area contributed by atoms with Crippen molar-refractivity contribution in [2.24, 2.45) is 0 Å². The number of carbonyl (C=O) groups is 2. The molecule has 1 aliphatic rings. The van der Waals surface area contributed by atoms with Gasteiger partial charge in [0.05, 0.1) is 12.0 Å². The van der Waals surface area contributed by atoms with E-state index in [1.165, 1.54) is 0 Å². The van der Waals surface area contributed by atoms with Gasteiger partial charge in [-0.1, -0.05) is 54.3 Å². The van der Waals surface area contributed by atoms with Crippen LogP contribution in [0.15, 0.2) is 41.3 Å². The normalized spacial score (nSPS) is 16.2. The first-order chi connectivity index (χ1) is 11.5. The van der Waals surface area contributed by atoms with Crippen molar-refractivity contribution in [1.82, 2.24) is 4.90 Å². The summed E-state index contributed by atoms with van der Waals surface area (Å²) in [4.78, 5) is 24.7. The molecule has 7 heteroatoms. The monoisotopic (exact) mass is 359 g/mol. The van der Waals surface area contributed by atoms with Gasteiger partial charge >= 0.3 is 5.97 Å². The summed E-state index contributed by atoms with van der Waals surface area (Å²) in [5.74, 6) is -0.726. The Kier molecular flexibility index (Phi) is 4.55. The standard InChI is InChI=1S/C17H13NO4S2/c1-22-13-7-6-10(11-4-2-3-5-12(11)13)8-14-16(21)18(9-15(19)20)17(23)24-14/h2-8H,9H2,1H3,(H,19,20). The molecular formula is C17H13NO4S2. The molecule has 5 nitrogen and oxygen atoms in total. The van der Waals surface area contributed by atoms with E-state index in [4.69, 9.17) is 22.1 Å². The Morgan fingerprint density at radius 2 is 2.00 bits per heavy atom. The Balaban J connectivity index is 2.04. The SMILES string of the molecule is COc1ccc(C=C2SC(=S)N(CC(=O)O)C2=O)c2ccccc12. The lowest BCUT2D eigenvalue weighted by atomic mass is 10.0. The van der Waals surface area contributed by atoms with Gasteiger partial charge in [0.25, 0.3) is 5.91 Å². The molecule has 0 atom stereocenters. The number of nitrogens with zero attached hydrogens (tertiary/aromatic N) is 1. The van der Waals surface area contributed by atoms with Crippen LogP contribution in [-0.4, -0.2) is 39.9 Å². The molecule has 0 saturated carbocycles. The topological polar surface area (TPSA) is 66.8 Å². The average Bonchev–Trinajstić information content (AvgIpc) is 2.82. The Hall–Kier alpha value is -2.38. The second-order valence-electron chi connectivity index (χ2n) is 5.06. The number of aliphatic carboxylic acids is 1. The van der Waals surface area contributed by atoms with Gasteiger partial charge in [-0.2, -0.15) is 0 Å². The second-order valence-corrected chi connectivity index (χ2v) is 6.74. The van der Waals surface area contributed by atoms with Gasteiger partial charge in [-0.3, -0.25) is 14.5 Å². The molecule has 0 bridgehead atoms. The van der Waals surface area contributed by atoms with Crippen LogP contribution in [0.25, 0.3) is 16.8 Å². The number of methoxy groups -OCH3 is 1. The Morgan fingerprint density at radius 1 is 1.29 bits per heavy atom. The fourth-order valence-electron chi connectivity index (χ4n) is 2.51. The lowest BCUT2D eigenvalue weighted by Crippen LogP contribution is -2.33. The summed E-state index contributed by atoms with van der Waals surface area (Å²) in [5, 5.41) is 10.8. The molecule has 0 aromatic heterocycles. The highest BCUT2D eigenvalue weighted by molar-refractivity contribution is 8.26. The summed E-state index contributed by atoms with van der Waals surface area (Å²) in [6.45, 7) is -0.425. The fraction of sp³-hybridized carbons (Fsp3) is 0.118. The predicted molar refractivity (Wildman–Crippen MR) is 98.0 cm³/mol. The van der Waals surface area contributed by atoms with Crippen LogP contribution in [0, 0.1) is 0 Å². The molecule has 1 fully saturated rings. The molecule has 24 heavy (non-hydrogen) atoms. The van der Waals surface area contributed by atoms with Crippen LogP contribution in [0.1, 0.15) is 5.56 Å². The van der Waals surface area contributed by atoms with Crippen molar-refractivity contribution in [2.45, 2.75) is 0 Å². The first-order valence-corrected chi connectivity index (χ1v) is 8.26. The number of hydrogen-bond donors (Lipinski definition) is 1. The number of benzene rings is 2. The summed E-state index contributed by atoms with van der Waals surface area (Å²) in [7, 11) is 1.61. The van der Waals surface area contributed by atoms with Crippen molar-refractivity contribution >= 4 is 57.0 Å². The largest absolute Gasteiger partial charge is 0.496 e. The minimum Gasteiger partial charge on any atom is -0.496 e. The van der Waals surface area contributed by atoms with Crippen molar-refractivity contribution in [3.05, 3.63) is 46.9 Å². The molecule has 1 heterocycles. The highest BCUT2D eigenvalue weighted by Gasteiger charge is 2.33. The Bertz CT molecular complexity index is 891. The van der Waals surface area contributed by atoms with E-state index < -0.39 is 12.5 Å². The summed E-state index contributed by atoms with van der Waals surface area (Å²) in [6, 6.07) is 11.4. The molecule has 0 aliphatic carbocycles. The minimum atomic E-state index is -1.09. The molecule has 0 spiro atoms. The summed E-state index contributed by atoms with van der Waals surface area (Å²) in [6.07, 6.45) is 1.74. The van der Waals surface area contributed by atoms with Gasteiger partial charge in [0.15, 0.2) is 0 Å².